The lowest BCUT2D eigenvalue weighted by atomic mass is 10.0. The standard InChI is InChI=1S/C18H17FN2O/c1-20-11-14-12(18(20)22)7-8-16-17(14)13-5-2-3-6-15(13)21(16)10-4-9-19/h2-3,5-8H,4,9-11H2,1H3. The highest BCUT2D eigenvalue weighted by molar-refractivity contribution is 6.14. The Balaban J connectivity index is 2.08. The topological polar surface area (TPSA) is 25.2 Å². The molecule has 0 aliphatic carbocycles. The van der Waals surface area contributed by atoms with Crippen LogP contribution in [0.5, 0.6) is 0 Å². The lowest BCUT2D eigenvalue weighted by Gasteiger charge is -2.06. The monoisotopic (exact) mass is 296 g/mol. The zero-order valence-corrected chi connectivity index (χ0v) is 12.5. The summed E-state index contributed by atoms with van der Waals surface area (Å²) in [5, 5.41) is 2.29. The lowest BCUT2D eigenvalue weighted by molar-refractivity contribution is 0.0816. The minimum absolute atomic E-state index is 0.0810. The van der Waals surface area contributed by atoms with Gasteiger partial charge in [-0.3, -0.25) is 9.18 Å². The molecule has 0 atom stereocenters. The second-order valence-electron chi connectivity index (χ2n) is 5.86. The third kappa shape index (κ3) is 1.70. The summed E-state index contributed by atoms with van der Waals surface area (Å²) in [5.41, 5.74) is 4.10. The van der Waals surface area contributed by atoms with Crippen molar-refractivity contribution in [3.63, 3.8) is 0 Å². The summed E-state index contributed by atoms with van der Waals surface area (Å²) in [6.07, 6.45) is 0.504. The minimum atomic E-state index is -0.319. The molecule has 4 rings (SSSR count). The van der Waals surface area contributed by atoms with E-state index in [1.54, 1.807) is 4.90 Å². The Bertz CT molecular complexity index is 897. The summed E-state index contributed by atoms with van der Waals surface area (Å²) in [6.45, 7) is 0.978. The largest absolute Gasteiger partial charge is 0.340 e. The SMILES string of the molecule is CN1Cc2c(ccc3c2c2ccccc2n3CCCF)C1=O. The van der Waals surface area contributed by atoms with Gasteiger partial charge in [0.2, 0.25) is 0 Å². The van der Waals surface area contributed by atoms with E-state index < -0.39 is 0 Å². The molecule has 3 nitrogen and oxygen atoms in total. The third-order valence-electron chi connectivity index (χ3n) is 4.53. The number of rotatable bonds is 3. The zero-order valence-electron chi connectivity index (χ0n) is 12.5. The van der Waals surface area contributed by atoms with Gasteiger partial charge in [0.15, 0.2) is 0 Å². The van der Waals surface area contributed by atoms with Crippen LogP contribution in [-0.2, 0) is 13.1 Å². The molecule has 3 aromatic rings. The molecule has 1 aromatic heterocycles. The average Bonchev–Trinajstić information content (AvgIpc) is 3.01. The molecule has 0 N–H and O–H groups in total. The summed E-state index contributed by atoms with van der Waals surface area (Å²) in [6, 6.07) is 12.1. The Morgan fingerprint density at radius 1 is 1.14 bits per heavy atom. The van der Waals surface area contributed by atoms with Gasteiger partial charge in [-0.15, -0.1) is 0 Å². The van der Waals surface area contributed by atoms with E-state index in [0.29, 0.717) is 19.5 Å². The number of nitrogens with zero attached hydrogens (tertiary/aromatic N) is 2. The van der Waals surface area contributed by atoms with Crippen molar-refractivity contribution in [2.75, 3.05) is 13.7 Å². The number of amides is 1. The number of carbonyl (C=O) groups is 1. The van der Waals surface area contributed by atoms with Crippen LogP contribution in [0, 0.1) is 0 Å². The van der Waals surface area contributed by atoms with E-state index in [1.165, 1.54) is 0 Å². The van der Waals surface area contributed by atoms with E-state index in [1.807, 2.05) is 31.3 Å². The Morgan fingerprint density at radius 3 is 2.77 bits per heavy atom. The maximum Gasteiger partial charge on any atom is 0.254 e. The average molecular weight is 296 g/mol. The van der Waals surface area contributed by atoms with Gasteiger partial charge in [-0.25, -0.2) is 0 Å². The number of benzene rings is 2. The molecule has 1 amide bonds. The highest BCUT2D eigenvalue weighted by Crippen LogP contribution is 2.36. The molecule has 22 heavy (non-hydrogen) atoms. The molecule has 2 heterocycles. The Kier molecular flexibility index (Phi) is 2.93. The van der Waals surface area contributed by atoms with E-state index in [0.717, 1.165) is 32.9 Å². The molecule has 2 aromatic carbocycles. The van der Waals surface area contributed by atoms with Crippen LogP contribution in [0.2, 0.25) is 0 Å². The second kappa shape index (κ2) is 4.83. The van der Waals surface area contributed by atoms with E-state index in [4.69, 9.17) is 0 Å². The van der Waals surface area contributed by atoms with Crippen LogP contribution >= 0.6 is 0 Å². The van der Waals surface area contributed by atoms with Crippen molar-refractivity contribution in [2.45, 2.75) is 19.5 Å². The molecule has 0 saturated heterocycles. The number of hydrogen-bond donors (Lipinski definition) is 0. The molecule has 0 spiro atoms. The number of para-hydroxylation sites is 1. The number of hydrogen-bond acceptors (Lipinski definition) is 1. The quantitative estimate of drug-likeness (QED) is 0.723. The fourth-order valence-corrected chi connectivity index (χ4v) is 3.55. The summed E-state index contributed by atoms with van der Waals surface area (Å²) in [7, 11) is 1.83. The van der Waals surface area contributed by atoms with Gasteiger partial charge in [-0.1, -0.05) is 18.2 Å². The third-order valence-corrected chi connectivity index (χ3v) is 4.53. The van der Waals surface area contributed by atoms with Gasteiger partial charge in [0.1, 0.15) is 0 Å². The molecule has 0 bridgehead atoms. The molecule has 0 saturated carbocycles. The molecular formula is C18H17FN2O. The zero-order chi connectivity index (χ0) is 15.3. The van der Waals surface area contributed by atoms with Crippen LogP contribution in [0.4, 0.5) is 4.39 Å². The van der Waals surface area contributed by atoms with Gasteiger partial charge in [0.05, 0.1) is 6.67 Å². The van der Waals surface area contributed by atoms with Crippen molar-refractivity contribution >= 4 is 27.7 Å². The summed E-state index contributed by atoms with van der Waals surface area (Å²) in [4.78, 5) is 14.0. The van der Waals surface area contributed by atoms with Crippen LogP contribution in [0.25, 0.3) is 21.8 Å². The Labute approximate surface area is 127 Å². The first-order chi connectivity index (χ1) is 10.7. The van der Waals surface area contributed by atoms with Crippen LogP contribution in [0.1, 0.15) is 22.3 Å². The maximum absolute atomic E-state index is 12.6. The number of fused-ring (bicyclic) bond motifs is 5. The molecule has 112 valence electrons. The first kappa shape index (κ1) is 13.3. The van der Waals surface area contributed by atoms with Gasteiger partial charge < -0.3 is 9.47 Å². The normalized spacial score (nSPS) is 14.3. The summed E-state index contributed by atoms with van der Waals surface area (Å²) < 4.78 is 14.8. The van der Waals surface area contributed by atoms with Crippen molar-refractivity contribution in [1.29, 1.82) is 0 Å². The molecule has 0 radical (unpaired) electrons. The highest BCUT2D eigenvalue weighted by Gasteiger charge is 2.28. The number of halogens is 1. The number of alkyl halides is 1. The summed E-state index contributed by atoms with van der Waals surface area (Å²) >= 11 is 0. The fourth-order valence-electron chi connectivity index (χ4n) is 3.55. The molecule has 1 aliphatic heterocycles. The van der Waals surface area contributed by atoms with Crippen LogP contribution in [-0.4, -0.2) is 29.1 Å². The number of aryl methyl sites for hydroxylation is 1. The van der Waals surface area contributed by atoms with E-state index in [9.17, 15) is 9.18 Å². The lowest BCUT2D eigenvalue weighted by Crippen LogP contribution is -2.17. The smallest absolute Gasteiger partial charge is 0.254 e. The van der Waals surface area contributed by atoms with Crippen LogP contribution < -0.4 is 0 Å². The molecule has 0 unspecified atom stereocenters. The predicted octanol–water partition coefficient (Wildman–Crippen LogP) is 3.74. The highest BCUT2D eigenvalue weighted by atomic mass is 19.1. The summed E-state index contributed by atoms with van der Waals surface area (Å²) in [5.74, 6) is 0.0810. The number of aromatic nitrogens is 1. The van der Waals surface area contributed by atoms with Crippen molar-refractivity contribution in [3.05, 3.63) is 47.5 Å². The van der Waals surface area contributed by atoms with Gasteiger partial charge in [-0.05, 0) is 30.2 Å². The molecular weight excluding hydrogens is 279 g/mol. The van der Waals surface area contributed by atoms with Crippen molar-refractivity contribution in [1.82, 2.24) is 9.47 Å². The Morgan fingerprint density at radius 2 is 1.95 bits per heavy atom. The molecule has 0 fully saturated rings. The maximum atomic E-state index is 12.6. The van der Waals surface area contributed by atoms with E-state index in [-0.39, 0.29) is 12.6 Å². The first-order valence-corrected chi connectivity index (χ1v) is 7.56. The molecule has 4 heteroatoms. The van der Waals surface area contributed by atoms with E-state index in [2.05, 4.69) is 16.7 Å². The first-order valence-electron chi connectivity index (χ1n) is 7.56. The van der Waals surface area contributed by atoms with Crippen molar-refractivity contribution in [3.8, 4) is 0 Å². The predicted molar refractivity (Wildman–Crippen MR) is 85.8 cm³/mol. The van der Waals surface area contributed by atoms with Gasteiger partial charge >= 0.3 is 0 Å². The van der Waals surface area contributed by atoms with Crippen molar-refractivity contribution < 1.29 is 9.18 Å². The fraction of sp³-hybridized carbons (Fsp3) is 0.278. The van der Waals surface area contributed by atoms with Gasteiger partial charge in [0.25, 0.3) is 5.91 Å². The van der Waals surface area contributed by atoms with Crippen LogP contribution in [0.15, 0.2) is 36.4 Å². The minimum Gasteiger partial charge on any atom is -0.340 e. The second-order valence-corrected chi connectivity index (χ2v) is 5.86. The molecule has 1 aliphatic rings. The van der Waals surface area contributed by atoms with Gasteiger partial charge in [0, 0.05) is 47.5 Å². The number of carbonyl (C=O) groups excluding carboxylic acids is 1. The van der Waals surface area contributed by atoms with Crippen molar-refractivity contribution in [2.24, 2.45) is 0 Å². The van der Waals surface area contributed by atoms with E-state index >= 15 is 0 Å². The van der Waals surface area contributed by atoms with Crippen LogP contribution in [0.3, 0.4) is 0 Å². The Hall–Kier alpha value is -2.36. The van der Waals surface area contributed by atoms with Gasteiger partial charge in [-0.2, -0.15) is 0 Å².